The number of piperidine rings is 1. The molecule has 0 radical (unpaired) electrons. The average Bonchev–Trinajstić information content (AvgIpc) is 2.89. The van der Waals surface area contributed by atoms with Crippen LogP contribution in [0.3, 0.4) is 0 Å². The Morgan fingerprint density at radius 1 is 1.20 bits per heavy atom. The second-order valence-corrected chi connectivity index (χ2v) is 5.06. The summed E-state index contributed by atoms with van der Waals surface area (Å²) >= 11 is 0. The smallest absolute Gasteiger partial charge is 0.251 e. The Kier molecular flexibility index (Phi) is 3.23. The van der Waals surface area contributed by atoms with Crippen LogP contribution >= 0.6 is 0 Å². The predicted molar refractivity (Wildman–Crippen MR) is 70.6 cm³/mol. The van der Waals surface area contributed by atoms with Gasteiger partial charge in [-0.3, -0.25) is 19.7 Å². The summed E-state index contributed by atoms with van der Waals surface area (Å²) in [4.78, 5) is 34.8. The highest BCUT2D eigenvalue weighted by atomic mass is 16.2. The number of benzene rings is 1. The molecule has 1 aromatic rings. The second-order valence-electron chi connectivity index (χ2n) is 5.06. The predicted octanol–water partition coefficient (Wildman–Crippen LogP) is -0.175. The molecule has 3 rings (SSSR count). The Labute approximate surface area is 115 Å². The van der Waals surface area contributed by atoms with E-state index in [-0.39, 0.29) is 18.2 Å². The van der Waals surface area contributed by atoms with E-state index in [4.69, 9.17) is 0 Å². The molecule has 2 aliphatic rings. The van der Waals surface area contributed by atoms with Gasteiger partial charge in [-0.05, 0) is 29.7 Å². The molecule has 1 aromatic carbocycles. The van der Waals surface area contributed by atoms with Crippen LogP contribution < -0.4 is 16.0 Å². The highest BCUT2D eigenvalue weighted by Crippen LogP contribution is 2.17. The largest absolute Gasteiger partial charge is 0.340 e. The van der Waals surface area contributed by atoms with Crippen LogP contribution in [0.15, 0.2) is 18.2 Å². The summed E-state index contributed by atoms with van der Waals surface area (Å²) < 4.78 is 0. The van der Waals surface area contributed by atoms with Crippen LogP contribution in [-0.2, 0) is 22.7 Å². The van der Waals surface area contributed by atoms with Crippen molar-refractivity contribution in [2.75, 3.05) is 0 Å². The van der Waals surface area contributed by atoms with Crippen LogP contribution in [0.1, 0.15) is 34.3 Å². The van der Waals surface area contributed by atoms with E-state index >= 15 is 0 Å². The summed E-state index contributed by atoms with van der Waals surface area (Å²) in [7, 11) is 0. The quantitative estimate of drug-likeness (QED) is 0.653. The van der Waals surface area contributed by atoms with Crippen molar-refractivity contribution in [3.8, 4) is 0 Å². The van der Waals surface area contributed by atoms with Gasteiger partial charge in [0.1, 0.15) is 6.04 Å². The Morgan fingerprint density at radius 3 is 2.80 bits per heavy atom. The lowest BCUT2D eigenvalue weighted by Crippen LogP contribution is -2.52. The van der Waals surface area contributed by atoms with Crippen molar-refractivity contribution in [2.24, 2.45) is 0 Å². The maximum Gasteiger partial charge on any atom is 0.251 e. The fourth-order valence-corrected chi connectivity index (χ4v) is 2.51. The van der Waals surface area contributed by atoms with Gasteiger partial charge >= 0.3 is 0 Å². The molecule has 1 saturated heterocycles. The molecule has 2 aliphatic heterocycles. The zero-order chi connectivity index (χ0) is 14.1. The molecule has 0 saturated carbocycles. The number of carbonyl (C=O) groups excluding carboxylic acids is 3. The number of hydrogen-bond donors (Lipinski definition) is 3. The van der Waals surface area contributed by atoms with Gasteiger partial charge in [0.2, 0.25) is 11.8 Å². The van der Waals surface area contributed by atoms with Crippen molar-refractivity contribution in [3.05, 3.63) is 34.9 Å². The minimum Gasteiger partial charge on any atom is -0.340 e. The zero-order valence-electron chi connectivity index (χ0n) is 10.9. The molecule has 6 heteroatoms. The van der Waals surface area contributed by atoms with Crippen molar-refractivity contribution in [2.45, 2.75) is 32.0 Å². The summed E-state index contributed by atoms with van der Waals surface area (Å²) in [5, 5.41) is 8.11. The molecule has 1 atom stereocenters. The number of nitrogens with one attached hydrogen (secondary N) is 3. The zero-order valence-corrected chi connectivity index (χ0v) is 10.9. The normalized spacial score (nSPS) is 21.3. The van der Waals surface area contributed by atoms with Gasteiger partial charge in [0.15, 0.2) is 0 Å². The fourth-order valence-electron chi connectivity index (χ4n) is 2.51. The van der Waals surface area contributed by atoms with Crippen LogP contribution in [0.4, 0.5) is 0 Å². The Hall–Kier alpha value is -2.21. The number of carbonyl (C=O) groups is 3. The summed E-state index contributed by atoms with van der Waals surface area (Å²) in [5.74, 6) is -1.00. The Morgan fingerprint density at radius 2 is 2.00 bits per heavy atom. The summed E-state index contributed by atoms with van der Waals surface area (Å²) in [6.07, 6.45) is 0.605. The van der Waals surface area contributed by atoms with Crippen molar-refractivity contribution in [1.29, 1.82) is 0 Å². The number of amides is 3. The van der Waals surface area contributed by atoms with E-state index in [0.29, 0.717) is 12.0 Å². The van der Waals surface area contributed by atoms with Gasteiger partial charge in [0.25, 0.3) is 5.91 Å². The Balaban J connectivity index is 1.70. The van der Waals surface area contributed by atoms with Crippen LogP contribution in [0, 0.1) is 0 Å². The van der Waals surface area contributed by atoms with Crippen LogP contribution in [0.2, 0.25) is 0 Å². The highest BCUT2D eigenvalue weighted by Gasteiger charge is 2.28. The SMILES string of the molecule is O=C1CCC(NC(=O)c2ccc3c(c2)CNC3)C(=O)N1. The molecule has 0 aromatic heterocycles. The summed E-state index contributed by atoms with van der Waals surface area (Å²) in [6, 6.07) is 4.89. The fraction of sp³-hybridized carbons (Fsp3) is 0.357. The van der Waals surface area contributed by atoms with Crippen LogP contribution in [-0.4, -0.2) is 23.8 Å². The number of fused-ring (bicyclic) bond motifs is 1. The van der Waals surface area contributed by atoms with Gasteiger partial charge in [-0.1, -0.05) is 6.07 Å². The Bertz CT molecular complexity index is 597. The summed E-state index contributed by atoms with van der Waals surface area (Å²) in [5.41, 5.74) is 2.85. The van der Waals surface area contributed by atoms with Gasteiger partial charge in [-0.15, -0.1) is 0 Å². The second kappa shape index (κ2) is 5.05. The maximum atomic E-state index is 12.1. The first kappa shape index (κ1) is 12.8. The van der Waals surface area contributed by atoms with E-state index in [1.807, 2.05) is 12.1 Å². The minimum absolute atomic E-state index is 0.255. The van der Waals surface area contributed by atoms with E-state index in [2.05, 4.69) is 16.0 Å². The van der Waals surface area contributed by atoms with Crippen molar-refractivity contribution < 1.29 is 14.4 Å². The molecule has 6 nitrogen and oxygen atoms in total. The maximum absolute atomic E-state index is 12.1. The van der Waals surface area contributed by atoms with E-state index in [0.717, 1.165) is 18.7 Å². The van der Waals surface area contributed by atoms with Crippen LogP contribution in [0.25, 0.3) is 0 Å². The molecule has 3 amide bonds. The number of hydrogen-bond acceptors (Lipinski definition) is 4. The van der Waals surface area contributed by atoms with Gasteiger partial charge in [0.05, 0.1) is 0 Å². The topological polar surface area (TPSA) is 87.3 Å². The van der Waals surface area contributed by atoms with Crippen molar-refractivity contribution in [3.63, 3.8) is 0 Å². The molecule has 3 N–H and O–H groups in total. The molecule has 0 aliphatic carbocycles. The van der Waals surface area contributed by atoms with E-state index in [1.165, 1.54) is 5.56 Å². The van der Waals surface area contributed by atoms with E-state index < -0.39 is 11.9 Å². The molecule has 2 heterocycles. The van der Waals surface area contributed by atoms with Gasteiger partial charge in [0, 0.05) is 25.1 Å². The van der Waals surface area contributed by atoms with Crippen molar-refractivity contribution >= 4 is 17.7 Å². The minimum atomic E-state index is -0.633. The molecular weight excluding hydrogens is 258 g/mol. The first-order chi connectivity index (χ1) is 9.63. The summed E-state index contributed by atoms with van der Waals surface area (Å²) in [6.45, 7) is 1.58. The third-order valence-electron chi connectivity index (χ3n) is 3.64. The van der Waals surface area contributed by atoms with Gasteiger partial charge < -0.3 is 10.6 Å². The first-order valence-electron chi connectivity index (χ1n) is 6.60. The third-order valence-corrected chi connectivity index (χ3v) is 3.64. The standard InChI is InChI=1S/C14H15N3O3/c18-12-4-3-11(14(20)17-12)16-13(19)8-1-2-9-6-15-7-10(9)5-8/h1-2,5,11,15H,3-4,6-7H2,(H,16,19)(H,17,18,20). The monoisotopic (exact) mass is 273 g/mol. The molecule has 104 valence electrons. The molecule has 0 bridgehead atoms. The lowest BCUT2D eigenvalue weighted by molar-refractivity contribution is -0.134. The average molecular weight is 273 g/mol. The molecule has 1 unspecified atom stereocenters. The molecule has 0 spiro atoms. The third kappa shape index (κ3) is 2.42. The molecule has 20 heavy (non-hydrogen) atoms. The molecular formula is C14H15N3O3. The van der Waals surface area contributed by atoms with Gasteiger partial charge in [-0.2, -0.15) is 0 Å². The first-order valence-corrected chi connectivity index (χ1v) is 6.60. The van der Waals surface area contributed by atoms with Crippen molar-refractivity contribution in [1.82, 2.24) is 16.0 Å². The van der Waals surface area contributed by atoms with E-state index in [9.17, 15) is 14.4 Å². The lowest BCUT2D eigenvalue weighted by Gasteiger charge is -2.21. The highest BCUT2D eigenvalue weighted by molar-refractivity contribution is 6.03. The van der Waals surface area contributed by atoms with Crippen LogP contribution in [0.5, 0.6) is 0 Å². The number of imide groups is 1. The van der Waals surface area contributed by atoms with E-state index in [1.54, 1.807) is 6.07 Å². The van der Waals surface area contributed by atoms with Gasteiger partial charge in [-0.25, -0.2) is 0 Å². The molecule has 1 fully saturated rings. The lowest BCUT2D eigenvalue weighted by atomic mass is 10.0. The number of rotatable bonds is 2.